The van der Waals surface area contributed by atoms with Crippen molar-refractivity contribution < 1.29 is 9.53 Å². The molecule has 0 atom stereocenters. The first-order valence-electron chi connectivity index (χ1n) is 5.03. The first kappa shape index (κ1) is 11.7. The number of ketones is 1. The van der Waals surface area contributed by atoms with Crippen LogP contribution in [0.5, 0.6) is 5.75 Å². The van der Waals surface area contributed by atoms with Gasteiger partial charge < -0.3 is 9.30 Å². The van der Waals surface area contributed by atoms with Gasteiger partial charge in [-0.1, -0.05) is 11.6 Å². The molecule has 2 rings (SSSR count). The van der Waals surface area contributed by atoms with Gasteiger partial charge in [-0.15, -0.1) is 0 Å². The van der Waals surface area contributed by atoms with E-state index in [1.54, 1.807) is 41.5 Å². The number of hydrogen-bond acceptors (Lipinski definition) is 3. The molecule has 5 heteroatoms. The maximum Gasteiger partial charge on any atom is 0.186 e. The van der Waals surface area contributed by atoms with E-state index >= 15 is 0 Å². The van der Waals surface area contributed by atoms with Crippen molar-refractivity contribution in [3.05, 3.63) is 47.5 Å². The third-order valence-corrected chi connectivity index (χ3v) is 2.58. The number of ether oxygens (including phenoxy) is 1. The SMILES string of the molecule is COc1ccc(Cl)cc1C(=O)Cn1ccnc1. The summed E-state index contributed by atoms with van der Waals surface area (Å²) in [6.07, 6.45) is 4.95. The first-order valence-corrected chi connectivity index (χ1v) is 5.41. The number of benzene rings is 1. The molecule has 1 aromatic carbocycles. The zero-order valence-corrected chi connectivity index (χ0v) is 10.0. The van der Waals surface area contributed by atoms with Crippen molar-refractivity contribution in [2.24, 2.45) is 0 Å². The fourth-order valence-electron chi connectivity index (χ4n) is 1.53. The second kappa shape index (κ2) is 5.01. The summed E-state index contributed by atoms with van der Waals surface area (Å²) in [7, 11) is 1.53. The van der Waals surface area contributed by atoms with E-state index < -0.39 is 0 Å². The third kappa shape index (κ3) is 2.65. The fraction of sp³-hybridized carbons (Fsp3) is 0.167. The number of halogens is 1. The van der Waals surface area contributed by atoms with Crippen molar-refractivity contribution >= 4 is 17.4 Å². The lowest BCUT2D eigenvalue weighted by atomic mass is 10.1. The number of imidazole rings is 1. The second-order valence-corrected chi connectivity index (χ2v) is 3.94. The number of methoxy groups -OCH3 is 1. The number of Topliss-reactive ketones (excluding diaryl/α,β-unsaturated/α-hetero) is 1. The standard InChI is InChI=1S/C12H11ClN2O2/c1-17-12-3-2-9(13)6-10(12)11(16)7-15-5-4-14-8-15/h2-6,8H,7H2,1H3. The highest BCUT2D eigenvalue weighted by molar-refractivity contribution is 6.31. The van der Waals surface area contributed by atoms with Crippen molar-refractivity contribution in [2.75, 3.05) is 7.11 Å². The average molecular weight is 251 g/mol. The van der Waals surface area contributed by atoms with E-state index in [0.29, 0.717) is 16.3 Å². The first-order chi connectivity index (χ1) is 8.20. The van der Waals surface area contributed by atoms with Crippen LogP contribution in [0.15, 0.2) is 36.9 Å². The molecule has 88 valence electrons. The maximum atomic E-state index is 12.1. The van der Waals surface area contributed by atoms with Crippen LogP contribution in [0.1, 0.15) is 10.4 Å². The molecule has 1 aromatic heterocycles. The highest BCUT2D eigenvalue weighted by Gasteiger charge is 2.13. The van der Waals surface area contributed by atoms with Gasteiger partial charge in [0.15, 0.2) is 5.78 Å². The van der Waals surface area contributed by atoms with Gasteiger partial charge in [-0.05, 0) is 18.2 Å². The number of carbonyl (C=O) groups is 1. The Kier molecular flexibility index (Phi) is 3.44. The molecular formula is C12H11ClN2O2. The molecule has 0 bridgehead atoms. The summed E-state index contributed by atoms with van der Waals surface area (Å²) in [5, 5.41) is 0.514. The molecule has 0 saturated carbocycles. The van der Waals surface area contributed by atoms with Crippen molar-refractivity contribution in [3.63, 3.8) is 0 Å². The van der Waals surface area contributed by atoms with Gasteiger partial charge in [0.05, 0.1) is 25.5 Å². The number of aromatic nitrogens is 2. The molecule has 0 aliphatic rings. The summed E-state index contributed by atoms with van der Waals surface area (Å²) in [6.45, 7) is 0.219. The second-order valence-electron chi connectivity index (χ2n) is 3.50. The van der Waals surface area contributed by atoms with Gasteiger partial charge in [-0.2, -0.15) is 0 Å². The van der Waals surface area contributed by atoms with Crippen LogP contribution in [-0.2, 0) is 6.54 Å². The molecule has 0 aliphatic carbocycles. The summed E-state index contributed by atoms with van der Waals surface area (Å²) in [5.41, 5.74) is 0.480. The van der Waals surface area contributed by atoms with Crippen LogP contribution >= 0.6 is 11.6 Å². The van der Waals surface area contributed by atoms with Crippen LogP contribution in [0.25, 0.3) is 0 Å². The molecule has 0 N–H and O–H groups in total. The minimum atomic E-state index is -0.0673. The monoisotopic (exact) mass is 250 g/mol. The Bertz CT molecular complexity index is 523. The molecular weight excluding hydrogens is 240 g/mol. The molecule has 2 aromatic rings. The lowest BCUT2D eigenvalue weighted by Gasteiger charge is -2.08. The van der Waals surface area contributed by atoms with Gasteiger partial charge in [-0.25, -0.2) is 4.98 Å². The van der Waals surface area contributed by atoms with E-state index in [9.17, 15) is 4.79 Å². The van der Waals surface area contributed by atoms with Crippen molar-refractivity contribution in [3.8, 4) is 5.75 Å². The van der Waals surface area contributed by atoms with E-state index in [1.807, 2.05) is 0 Å². The molecule has 0 unspecified atom stereocenters. The predicted octanol–water partition coefficient (Wildman–Crippen LogP) is 2.43. The number of nitrogens with zero attached hydrogens (tertiary/aromatic N) is 2. The zero-order chi connectivity index (χ0) is 12.3. The quantitative estimate of drug-likeness (QED) is 0.783. The minimum Gasteiger partial charge on any atom is -0.496 e. The van der Waals surface area contributed by atoms with Gasteiger partial charge in [0, 0.05) is 17.4 Å². The summed E-state index contributed by atoms with van der Waals surface area (Å²) >= 11 is 5.87. The van der Waals surface area contributed by atoms with Gasteiger partial charge in [0.1, 0.15) is 5.75 Å². The highest BCUT2D eigenvalue weighted by atomic mass is 35.5. The largest absolute Gasteiger partial charge is 0.496 e. The highest BCUT2D eigenvalue weighted by Crippen LogP contribution is 2.23. The molecule has 4 nitrogen and oxygen atoms in total. The van der Waals surface area contributed by atoms with Crippen molar-refractivity contribution in [1.82, 2.24) is 9.55 Å². The molecule has 17 heavy (non-hydrogen) atoms. The van der Waals surface area contributed by atoms with Gasteiger partial charge in [0.2, 0.25) is 0 Å². The lowest BCUT2D eigenvalue weighted by Crippen LogP contribution is -2.10. The number of hydrogen-bond donors (Lipinski definition) is 0. The van der Waals surface area contributed by atoms with E-state index in [-0.39, 0.29) is 12.3 Å². The summed E-state index contributed by atoms with van der Waals surface area (Å²) < 4.78 is 6.83. The Balaban J connectivity index is 2.26. The van der Waals surface area contributed by atoms with Crippen molar-refractivity contribution in [2.45, 2.75) is 6.54 Å². The zero-order valence-electron chi connectivity index (χ0n) is 9.26. The lowest BCUT2D eigenvalue weighted by molar-refractivity contribution is 0.0969. The van der Waals surface area contributed by atoms with E-state index in [1.165, 1.54) is 7.11 Å². The van der Waals surface area contributed by atoms with Gasteiger partial charge in [-0.3, -0.25) is 4.79 Å². The molecule has 0 amide bonds. The number of carbonyl (C=O) groups excluding carboxylic acids is 1. The molecule has 1 heterocycles. The summed E-state index contributed by atoms with van der Waals surface area (Å²) in [4.78, 5) is 15.9. The molecule has 0 radical (unpaired) electrons. The molecule has 0 saturated heterocycles. The molecule has 0 aliphatic heterocycles. The van der Waals surface area contributed by atoms with Gasteiger partial charge in [0.25, 0.3) is 0 Å². The van der Waals surface area contributed by atoms with Crippen LogP contribution in [0.2, 0.25) is 5.02 Å². The Labute approximate surface area is 104 Å². The van der Waals surface area contributed by atoms with Crippen LogP contribution in [0, 0.1) is 0 Å². The predicted molar refractivity (Wildman–Crippen MR) is 64.6 cm³/mol. The van der Waals surface area contributed by atoms with Crippen LogP contribution in [-0.4, -0.2) is 22.4 Å². The minimum absolute atomic E-state index is 0.0673. The smallest absolute Gasteiger partial charge is 0.186 e. The average Bonchev–Trinajstić information content (AvgIpc) is 2.81. The number of rotatable bonds is 4. The van der Waals surface area contributed by atoms with Crippen molar-refractivity contribution in [1.29, 1.82) is 0 Å². The molecule has 0 spiro atoms. The van der Waals surface area contributed by atoms with Crippen LogP contribution < -0.4 is 4.74 Å². The van der Waals surface area contributed by atoms with Crippen LogP contribution in [0.4, 0.5) is 0 Å². The fourth-order valence-corrected chi connectivity index (χ4v) is 1.70. The van der Waals surface area contributed by atoms with E-state index in [2.05, 4.69) is 4.98 Å². The third-order valence-electron chi connectivity index (χ3n) is 2.35. The van der Waals surface area contributed by atoms with E-state index in [4.69, 9.17) is 16.3 Å². The summed E-state index contributed by atoms with van der Waals surface area (Å²) in [5.74, 6) is 0.460. The Morgan fingerprint density at radius 3 is 3.00 bits per heavy atom. The Morgan fingerprint density at radius 2 is 2.35 bits per heavy atom. The Morgan fingerprint density at radius 1 is 1.53 bits per heavy atom. The van der Waals surface area contributed by atoms with Crippen LogP contribution in [0.3, 0.4) is 0 Å². The topological polar surface area (TPSA) is 44.1 Å². The molecule has 0 fully saturated rings. The van der Waals surface area contributed by atoms with E-state index in [0.717, 1.165) is 0 Å². The Hall–Kier alpha value is -1.81. The maximum absolute atomic E-state index is 12.1. The van der Waals surface area contributed by atoms with Gasteiger partial charge >= 0.3 is 0 Å². The summed E-state index contributed by atoms with van der Waals surface area (Å²) in [6, 6.07) is 4.98. The normalized spacial score (nSPS) is 10.2.